The summed E-state index contributed by atoms with van der Waals surface area (Å²) in [6, 6.07) is 2.05. The van der Waals surface area contributed by atoms with Gasteiger partial charge in [-0.2, -0.15) is 0 Å². The van der Waals surface area contributed by atoms with E-state index in [1.807, 2.05) is 0 Å². The van der Waals surface area contributed by atoms with Crippen LogP contribution in [0.1, 0.15) is 29.6 Å². The number of carbonyl (C=O) groups is 3. The molecule has 114 valence electrons. The number of benzene rings is 1. The molecule has 6 nitrogen and oxygen atoms in total. The molecule has 0 fully saturated rings. The minimum atomic E-state index is -1.32. The predicted molar refractivity (Wildman–Crippen MR) is 71.8 cm³/mol. The Labute approximate surface area is 124 Å². The molecule has 21 heavy (non-hydrogen) atoms. The number of carboxylic acid groups (broad SMARTS) is 2. The highest BCUT2D eigenvalue weighted by molar-refractivity contribution is 6.31. The van der Waals surface area contributed by atoms with Gasteiger partial charge in [-0.1, -0.05) is 11.6 Å². The van der Waals surface area contributed by atoms with Gasteiger partial charge in [-0.15, -0.1) is 0 Å². The van der Waals surface area contributed by atoms with Crippen molar-refractivity contribution < 1.29 is 29.0 Å². The molecule has 1 amide bonds. The van der Waals surface area contributed by atoms with Crippen LogP contribution in [0.4, 0.5) is 4.39 Å². The molecule has 3 N–H and O–H groups in total. The Hall–Kier alpha value is -2.15. The topological polar surface area (TPSA) is 104 Å². The van der Waals surface area contributed by atoms with E-state index < -0.39 is 29.7 Å². The van der Waals surface area contributed by atoms with E-state index >= 15 is 0 Å². The number of halogens is 2. The van der Waals surface area contributed by atoms with Crippen molar-refractivity contribution in [3.8, 4) is 0 Å². The maximum atomic E-state index is 13.5. The molecule has 0 radical (unpaired) electrons. The number of carbonyl (C=O) groups excluding carboxylic acids is 1. The van der Waals surface area contributed by atoms with E-state index in [0.717, 1.165) is 12.1 Å². The summed E-state index contributed by atoms with van der Waals surface area (Å²) in [6.45, 7) is 0. The van der Waals surface area contributed by atoms with Crippen molar-refractivity contribution in [2.75, 3.05) is 0 Å². The molecule has 0 saturated carbocycles. The van der Waals surface area contributed by atoms with Gasteiger partial charge in [0.15, 0.2) is 0 Å². The second kappa shape index (κ2) is 7.58. The van der Waals surface area contributed by atoms with Crippen LogP contribution in [0, 0.1) is 5.82 Å². The van der Waals surface area contributed by atoms with Gasteiger partial charge in [-0.25, -0.2) is 9.18 Å². The zero-order valence-electron chi connectivity index (χ0n) is 10.8. The van der Waals surface area contributed by atoms with Gasteiger partial charge < -0.3 is 15.5 Å². The quantitative estimate of drug-likeness (QED) is 0.712. The number of carboxylic acids is 2. The fourth-order valence-electron chi connectivity index (χ4n) is 1.62. The molecule has 0 aliphatic rings. The lowest BCUT2D eigenvalue weighted by molar-refractivity contribution is -0.140. The minimum absolute atomic E-state index is 0.0739. The second-order valence-electron chi connectivity index (χ2n) is 4.27. The van der Waals surface area contributed by atoms with Gasteiger partial charge in [0.05, 0.1) is 5.56 Å². The summed E-state index contributed by atoms with van der Waals surface area (Å²) in [5, 5.41) is 19.8. The highest BCUT2D eigenvalue weighted by Gasteiger charge is 2.22. The maximum absolute atomic E-state index is 13.5. The van der Waals surface area contributed by atoms with Gasteiger partial charge in [0.2, 0.25) is 0 Å². The van der Waals surface area contributed by atoms with Gasteiger partial charge in [0.1, 0.15) is 11.9 Å². The smallest absolute Gasteiger partial charge is 0.326 e. The molecule has 1 atom stereocenters. The fourth-order valence-corrected chi connectivity index (χ4v) is 1.79. The molecule has 0 unspecified atom stereocenters. The summed E-state index contributed by atoms with van der Waals surface area (Å²) in [5.41, 5.74) is -0.369. The second-order valence-corrected chi connectivity index (χ2v) is 4.71. The number of hydrogen-bond donors (Lipinski definition) is 3. The molecule has 0 saturated heterocycles. The van der Waals surface area contributed by atoms with Crippen molar-refractivity contribution in [2.45, 2.75) is 25.3 Å². The van der Waals surface area contributed by atoms with E-state index in [1.165, 1.54) is 6.07 Å². The molecule has 0 aromatic heterocycles. The van der Waals surface area contributed by atoms with Crippen LogP contribution in [0.3, 0.4) is 0 Å². The van der Waals surface area contributed by atoms with Crippen LogP contribution in [0.2, 0.25) is 5.02 Å². The van der Waals surface area contributed by atoms with Crippen molar-refractivity contribution in [2.24, 2.45) is 0 Å². The summed E-state index contributed by atoms with van der Waals surface area (Å²) in [6.07, 6.45) is -0.217. The van der Waals surface area contributed by atoms with Crippen molar-refractivity contribution in [3.63, 3.8) is 0 Å². The van der Waals surface area contributed by atoms with Crippen LogP contribution in [0.15, 0.2) is 18.2 Å². The Morgan fingerprint density at radius 1 is 1.29 bits per heavy atom. The average Bonchev–Trinajstić information content (AvgIpc) is 2.39. The van der Waals surface area contributed by atoms with Crippen LogP contribution in [-0.2, 0) is 9.59 Å². The van der Waals surface area contributed by atoms with E-state index in [0.29, 0.717) is 0 Å². The summed E-state index contributed by atoms with van der Waals surface area (Å²) in [5.74, 6) is -4.13. The first-order valence-electron chi connectivity index (χ1n) is 6.01. The van der Waals surface area contributed by atoms with E-state index in [-0.39, 0.29) is 29.8 Å². The Bertz CT molecular complexity index is 563. The SMILES string of the molecule is O=C(O)CCC[C@@H](NC(=O)c1cc(Cl)ccc1F)C(=O)O. The zero-order valence-corrected chi connectivity index (χ0v) is 11.6. The van der Waals surface area contributed by atoms with Gasteiger partial charge >= 0.3 is 11.9 Å². The lowest BCUT2D eigenvalue weighted by Crippen LogP contribution is -2.41. The largest absolute Gasteiger partial charge is 0.481 e. The molecule has 0 spiro atoms. The lowest BCUT2D eigenvalue weighted by atomic mass is 10.1. The van der Waals surface area contributed by atoms with Crippen LogP contribution < -0.4 is 5.32 Å². The zero-order chi connectivity index (χ0) is 16.0. The molecule has 0 aliphatic carbocycles. The molecule has 0 heterocycles. The third kappa shape index (κ3) is 5.39. The van der Waals surface area contributed by atoms with Crippen molar-refractivity contribution in [1.29, 1.82) is 0 Å². The van der Waals surface area contributed by atoms with Crippen molar-refractivity contribution >= 4 is 29.4 Å². The Balaban J connectivity index is 2.74. The number of amides is 1. The molecule has 1 aromatic rings. The number of nitrogens with one attached hydrogen (secondary N) is 1. The summed E-state index contributed by atoms with van der Waals surface area (Å²) in [7, 11) is 0. The van der Waals surface area contributed by atoms with Crippen molar-refractivity contribution in [1.82, 2.24) is 5.32 Å². The molecular weight excluding hydrogens is 305 g/mol. The van der Waals surface area contributed by atoms with Crippen LogP contribution in [0.25, 0.3) is 0 Å². The highest BCUT2D eigenvalue weighted by Crippen LogP contribution is 2.15. The van der Waals surface area contributed by atoms with Crippen LogP contribution >= 0.6 is 11.6 Å². The van der Waals surface area contributed by atoms with E-state index in [4.69, 9.17) is 21.8 Å². The summed E-state index contributed by atoms with van der Waals surface area (Å²) >= 11 is 5.65. The summed E-state index contributed by atoms with van der Waals surface area (Å²) < 4.78 is 13.5. The first kappa shape index (κ1) is 16.9. The first-order valence-corrected chi connectivity index (χ1v) is 6.39. The Morgan fingerprint density at radius 2 is 1.95 bits per heavy atom. The van der Waals surface area contributed by atoms with Crippen LogP contribution in [0.5, 0.6) is 0 Å². The lowest BCUT2D eigenvalue weighted by Gasteiger charge is -2.14. The van der Waals surface area contributed by atoms with Gasteiger partial charge in [-0.3, -0.25) is 9.59 Å². The molecule has 1 aromatic carbocycles. The Kier molecular flexibility index (Phi) is 6.10. The Morgan fingerprint density at radius 3 is 2.52 bits per heavy atom. The van der Waals surface area contributed by atoms with E-state index in [2.05, 4.69) is 5.32 Å². The molecule has 1 rings (SSSR count). The minimum Gasteiger partial charge on any atom is -0.481 e. The van der Waals surface area contributed by atoms with Crippen molar-refractivity contribution in [3.05, 3.63) is 34.6 Å². The number of rotatable bonds is 7. The highest BCUT2D eigenvalue weighted by atomic mass is 35.5. The number of aliphatic carboxylic acids is 2. The third-order valence-corrected chi connectivity index (χ3v) is 2.89. The maximum Gasteiger partial charge on any atom is 0.326 e. The number of hydrogen-bond acceptors (Lipinski definition) is 3. The normalized spacial score (nSPS) is 11.7. The van der Waals surface area contributed by atoms with Gasteiger partial charge in [-0.05, 0) is 31.0 Å². The predicted octanol–water partition coefficient (Wildman–Crippen LogP) is 1.92. The monoisotopic (exact) mass is 317 g/mol. The average molecular weight is 318 g/mol. The van der Waals surface area contributed by atoms with Gasteiger partial charge in [0.25, 0.3) is 5.91 Å². The molecular formula is C13H13ClFNO5. The molecule has 0 bridgehead atoms. The van der Waals surface area contributed by atoms with Gasteiger partial charge in [0, 0.05) is 11.4 Å². The van der Waals surface area contributed by atoms with E-state index in [1.54, 1.807) is 0 Å². The summed E-state index contributed by atoms with van der Waals surface area (Å²) in [4.78, 5) is 33.2. The first-order chi connectivity index (χ1) is 9.81. The third-order valence-electron chi connectivity index (χ3n) is 2.66. The molecule has 8 heteroatoms. The van der Waals surface area contributed by atoms with Crippen LogP contribution in [-0.4, -0.2) is 34.1 Å². The standard InChI is InChI=1S/C13H13ClFNO5/c14-7-4-5-9(15)8(6-7)12(19)16-10(13(20)21)2-1-3-11(17)18/h4-6,10H,1-3H2,(H,16,19)(H,17,18)(H,20,21)/t10-/m1/s1. The van der Waals surface area contributed by atoms with E-state index in [9.17, 15) is 18.8 Å². The molecule has 0 aliphatic heterocycles. The fraction of sp³-hybridized carbons (Fsp3) is 0.308.